The fraction of sp³-hybridized carbons (Fsp3) is 1.00. The highest BCUT2D eigenvalue weighted by Gasteiger charge is 2.41. The van der Waals surface area contributed by atoms with Gasteiger partial charge in [-0.25, -0.2) is 0 Å². The Hall–Kier alpha value is -0.160. The van der Waals surface area contributed by atoms with Crippen LogP contribution in [0.4, 0.5) is 0 Å². The standard InChI is InChI=1S/C15H31NO3/c1-4-9-16-15(12-17)8-5-6-14(15)7-10-19-13(2)11-18-3/h13-14,16-17H,4-12H2,1-3H3. The van der Waals surface area contributed by atoms with Crippen LogP contribution < -0.4 is 5.32 Å². The van der Waals surface area contributed by atoms with Crippen molar-refractivity contribution in [2.45, 2.75) is 57.6 Å². The Labute approximate surface area is 117 Å². The molecule has 0 aromatic carbocycles. The van der Waals surface area contributed by atoms with Gasteiger partial charge in [-0.2, -0.15) is 0 Å². The molecular formula is C15H31NO3. The van der Waals surface area contributed by atoms with Crippen LogP contribution >= 0.6 is 0 Å². The van der Waals surface area contributed by atoms with E-state index in [1.807, 2.05) is 6.92 Å². The van der Waals surface area contributed by atoms with Crippen molar-refractivity contribution in [1.82, 2.24) is 5.32 Å². The van der Waals surface area contributed by atoms with Gasteiger partial charge in [-0.3, -0.25) is 0 Å². The van der Waals surface area contributed by atoms with Crippen molar-refractivity contribution in [3.05, 3.63) is 0 Å². The van der Waals surface area contributed by atoms with Crippen LogP contribution in [0.3, 0.4) is 0 Å². The van der Waals surface area contributed by atoms with E-state index in [2.05, 4.69) is 12.2 Å². The van der Waals surface area contributed by atoms with Crippen molar-refractivity contribution < 1.29 is 14.6 Å². The number of rotatable bonds is 10. The molecule has 0 bridgehead atoms. The zero-order valence-corrected chi connectivity index (χ0v) is 12.8. The minimum atomic E-state index is -0.0656. The molecule has 0 radical (unpaired) electrons. The molecule has 1 saturated carbocycles. The van der Waals surface area contributed by atoms with Crippen LogP contribution in [0.5, 0.6) is 0 Å². The lowest BCUT2D eigenvalue weighted by molar-refractivity contribution is -0.00236. The van der Waals surface area contributed by atoms with E-state index in [0.29, 0.717) is 12.5 Å². The zero-order chi connectivity index (χ0) is 14.1. The van der Waals surface area contributed by atoms with E-state index in [1.54, 1.807) is 7.11 Å². The van der Waals surface area contributed by atoms with Crippen molar-refractivity contribution >= 4 is 0 Å². The predicted octanol–water partition coefficient (Wildman–Crippen LogP) is 1.96. The van der Waals surface area contributed by atoms with Gasteiger partial charge in [0.05, 0.1) is 19.3 Å². The van der Waals surface area contributed by atoms with Gasteiger partial charge in [-0.05, 0) is 45.1 Å². The van der Waals surface area contributed by atoms with E-state index in [1.165, 1.54) is 12.8 Å². The molecule has 3 unspecified atom stereocenters. The minimum Gasteiger partial charge on any atom is -0.394 e. The summed E-state index contributed by atoms with van der Waals surface area (Å²) in [6.45, 7) is 6.82. The summed E-state index contributed by atoms with van der Waals surface area (Å²) >= 11 is 0. The van der Waals surface area contributed by atoms with Gasteiger partial charge in [-0.1, -0.05) is 13.3 Å². The van der Waals surface area contributed by atoms with Gasteiger partial charge in [0.25, 0.3) is 0 Å². The third-order valence-corrected chi connectivity index (χ3v) is 4.24. The summed E-state index contributed by atoms with van der Waals surface area (Å²) in [5, 5.41) is 13.4. The van der Waals surface area contributed by atoms with Crippen molar-refractivity contribution in [3.8, 4) is 0 Å². The summed E-state index contributed by atoms with van der Waals surface area (Å²) in [7, 11) is 1.70. The number of methoxy groups -OCH3 is 1. The Balaban J connectivity index is 2.37. The van der Waals surface area contributed by atoms with Gasteiger partial charge in [-0.15, -0.1) is 0 Å². The molecule has 19 heavy (non-hydrogen) atoms. The SMILES string of the molecule is CCCNC1(CO)CCCC1CCOC(C)COC. The highest BCUT2D eigenvalue weighted by atomic mass is 16.5. The highest BCUT2D eigenvalue weighted by molar-refractivity contribution is 4.98. The van der Waals surface area contributed by atoms with E-state index in [-0.39, 0.29) is 18.2 Å². The molecule has 4 heteroatoms. The molecule has 0 aromatic rings. The molecule has 1 aliphatic rings. The van der Waals surface area contributed by atoms with E-state index >= 15 is 0 Å². The second-order valence-corrected chi connectivity index (χ2v) is 5.76. The third-order valence-electron chi connectivity index (χ3n) is 4.24. The van der Waals surface area contributed by atoms with Crippen molar-refractivity contribution in [1.29, 1.82) is 0 Å². The van der Waals surface area contributed by atoms with Crippen LogP contribution in [0.25, 0.3) is 0 Å². The van der Waals surface area contributed by atoms with E-state index in [4.69, 9.17) is 9.47 Å². The quantitative estimate of drug-likeness (QED) is 0.639. The Bertz CT molecular complexity index is 237. The first-order valence-corrected chi connectivity index (χ1v) is 7.65. The van der Waals surface area contributed by atoms with Gasteiger partial charge >= 0.3 is 0 Å². The Kier molecular flexibility index (Phi) is 7.91. The van der Waals surface area contributed by atoms with Crippen LogP contribution in [0, 0.1) is 5.92 Å². The van der Waals surface area contributed by atoms with E-state index in [0.717, 1.165) is 32.4 Å². The van der Waals surface area contributed by atoms with Crippen molar-refractivity contribution in [3.63, 3.8) is 0 Å². The van der Waals surface area contributed by atoms with Crippen LogP contribution in [0.15, 0.2) is 0 Å². The van der Waals surface area contributed by atoms with Crippen LogP contribution in [-0.4, -0.2) is 50.2 Å². The fourth-order valence-electron chi connectivity index (χ4n) is 3.13. The zero-order valence-electron chi connectivity index (χ0n) is 12.8. The van der Waals surface area contributed by atoms with Crippen LogP contribution in [-0.2, 0) is 9.47 Å². The third kappa shape index (κ3) is 5.03. The molecule has 3 atom stereocenters. The van der Waals surface area contributed by atoms with E-state index in [9.17, 15) is 5.11 Å². The smallest absolute Gasteiger partial charge is 0.0780 e. The average Bonchev–Trinajstić information content (AvgIpc) is 2.80. The molecule has 2 N–H and O–H groups in total. The number of ether oxygens (including phenoxy) is 2. The minimum absolute atomic E-state index is 0.0656. The number of nitrogens with one attached hydrogen (secondary N) is 1. The molecule has 4 nitrogen and oxygen atoms in total. The largest absolute Gasteiger partial charge is 0.394 e. The van der Waals surface area contributed by atoms with Crippen LogP contribution in [0.1, 0.15) is 46.0 Å². The second kappa shape index (κ2) is 8.90. The highest BCUT2D eigenvalue weighted by Crippen LogP contribution is 2.37. The molecule has 0 saturated heterocycles. The number of aliphatic hydroxyl groups is 1. The lowest BCUT2D eigenvalue weighted by Crippen LogP contribution is -2.52. The monoisotopic (exact) mass is 273 g/mol. The first-order valence-electron chi connectivity index (χ1n) is 7.65. The molecule has 1 rings (SSSR count). The Morgan fingerprint density at radius 3 is 2.89 bits per heavy atom. The maximum absolute atomic E-state index is 9.78. The van der Waals surface area contributed by atoms with Crippen molar-refractivity contribution in [2.24, 2.45) is 5.92 Å². The van der Waals surface area contributed by atoms with Gasteiger partial charge in [0.2, 0.25) is 0 Å². The molecule has 0 spiro atoms. The summed E-state index contributed by atoms with van der Waals surface area (Å²) in [4.78, 5) is 0. The maximum atomic E-state index is 9.78. The molecular weight excluding hydrogens is 242 g/mol. The predicted molar refractivity (Wildman–Crippen MR) is 77.4 cm³/mol. The van der Waals surface area contributed by atoms with Crippen LogP contribution in [0.2, 0.25) is 0 Å². The first-order chi connectivity index (χ1) is 9.18. The Morgan fingerprint density at radius 1 is 1.47 bits per heavy atom. The second-order valence-electron chi connectivity index (χ2n) is 5.76. The van der Waals surface area contributed by atoms with Gasteiger partial charge in [0.15, 0.2) is 0 Å². The maximum Gasteiger partial charge on any atom is 0.0780 e. The Morgan fingerprint density at radius 2 is 2.26 bits per heavy atom. The topological polar surface area (TPSA) is 50.7 Å². The lowest BCUT2D eigenvalue weighted by Gasteiger charge is -2.35. The molecule has 114 valence electrons. The molecule has 0 amide bonds. The summed E-state index contributed by atoms with van der Waals surface area (Å²) in [6, 6.07) is 0. The first kappa shape index (κ1) is 16.9. The van der Waals surface area contributed by atoms with Gasteiger partial charge in [0, 0.05) is 19.3 Å². The number of hydrogen-bond acceptors (Lipinski definition) is 4. The fourth-order valence-corrected chi connectivity index (χ4v) is 3.13. The summed E-state index contributed by atoms with van der Waals surface area (Å²) in [5.41, 5.74) is -0.0656. The summed E-state index contributed by atoms with van der Waals surface area (Å²) < 4.78 is 10.8. The normalized spacial score (nSPS) is 28.7. The summed E-state index contributed by atoms with van der Waals surface area (Å²) in [6.07, 6.45) is 5.76. The van der Waals surface area contributed by atoms with Crippen molar-refractivity contribution in [2.75, 3.05) is 33.5 Å². The molecule has 0 heterocycles. The lowest BCUT2D eigenvalue weighted by atomic mass is 9.85. The number of hydrogen-bond donors (Lipinski definition) is 2. The van der Waals surface area contributed by atoms with E-state index < -0.39 is 0 Å². The molecule has 1 fully saturated rings. The average molecular weight is 273 g/mol. The summed E-state index contributed by atoms with van der Waals surface area (Å²) in [5.74, 6) is 0.527. The van der Waals surface area contributed by atoms with Gasteiger partial charge in [0.1, 0.15) is 0 Å². The molecule has 1 aliphatic carbocycles. The van der Waals surface area contributed by atoms with Gasteiger partial charge < -0.3 is 19.9 Å². The number of aliphatic hydroxyl groups excluding tert-OH is 1. The molecule has 0 aromatic heterocycles. The molecule has 0 aliphatic heterocycles.